The highest BCUT2D eigenvalue weighted by Gasteiger charge is 2.16. The number of carbonyl (C=O) groups is 2. The number of H-pyrrole nitrogens is 1. The summed E-state index contributed by atoms with van der Waals surface area (Å²) in [5.74, 6) is -0.549. The van der Waals surface area contributed by atoms with E-state index in [-0.39, 0.29) is 24.6 Å². The van der Waals surface area contributed by atoms with Crippen LogP contribution in [-0.2, 0) is 27.2 Å². The molecule has 0 saturated carbocycles. The number of aryl methyl sites for hydroxylation is 1. The molecule has 120 valence electrons. The van der Waals surface area contributed by atoms with E-state index in [1.54, 1.807) is 0 Å². The second-order valence-corrected chi connectivity index (χ2v) is 5.24. The maximum atomic E-state index is 11.9. The SMILES string of the molecule is CCCOC(=O)Cc1c(CCC(=O)C=[N+]=[N-])[nH]c2ccccc12. The van der Waals surface area contributed by atoms with E-state index >= 15 is 0 Å². The van der Waals surface area contributed by atoms with Crippen LogP contribution in [0.2, 0.25) is 0 Å². The van der Waals surface area contributed by atoms with E-state index in [1.165, 1.54) is 0 Å². The predicted octanol–water partition coefficient (Wildman–Crippen LogP) is 2.47. The van der Waals surface area contributed by atoms with Crippen LogP contribution in [0.25, 0.3) is 16.4 Å². The van der Waals surface area contributed by atoms with Gasteiger partial charge < -0.3 is 15.3 Å². The molecule has 0 amide bonds. The zero-order valence-electron chi connectivity index (χ0n) is 13.0. The minimum absolute atomic E-state index is 0.168. The van der Waals surface area contributed by atoms with Gasteiger partial charge in [-0.25, -0.2) is 0 Å². The minimum Gasteiger partial charge on any atom is -0.465 e. The zero-order valence-corrected chi connectivity index (χ0v) is 13.0. The Balaban J connectivity index is 2.24. The molecule has 23 heavy (non-hydrogen) atoms. The normalized spacial score (nSPS) is 10.3. The van der Waals surface area contributed by atoms with Gasteiger partial charge in [-0.1, -0.05) is 25.1 Å². The van der Waals surface area contributed by atoms with E-state index < -0.39 is 0 Å². The van der Waals surface area contributed by atoms with Crippen molar-refractivity contribution in [1.29, 1.82) is 0 Å². The van der Waals surface area contributed by atoms with Gasteiger partial charge >= 0.3 is 12.2 Å². The largest absolute Gasteiger partial charge is 0.465 e. The van der Waals surface area contributed by atoms with Gasteiger partial charge in [0, 0.05) is 23.0 Å². The maximum absolute atomic E-state index is 11.9. The van der Waals surface area contributed by atoms with E-state index in [4.69, 9.17) is 10.3 Å². The summed E-state index contributed by atoms with van der Waals surface area (Å²) in [5.41, 5.74) is 11.0. The van der Waals surface area contributed by atoms with Crippen LogP contribution in [0, 0.1) is 0 Å². The Morgan fingerprint density at radius 2 is 2.13 bits per heavy atom. The number of hydrogen-bond donors (Lipinski definition) is 1. The summed E-state index contributed by atoms with van der Waals surface area (Å²) in [6.07, 6.45) is 2.48. The summed E-state index contributed by atoms with van der Waals surface area (Å²) in [6.45, 7) is 2.35. The lowest BCUT2D eigenvalue weighted by molar-refractivity contribution is -0.142. The van der Waals surface area contributed by atoms with Gasteiger partial charge in [0.15, 0.2) is 0 Å². The molecule has 0 atom stereocenters. The number of Topliss-reactive ketones (excluding diaryl/α,β-unsaturated/α-hetero) is 1. The summed E-state index contributed by atoms with van der Waals surface area (Å²) in [4.78, 5) is 29.4. The molecule has 0 spiro atoms. The molecule has 0 fully saturated rings. The molecule has 1 N–H and O–H groups in total. The molecule has 6 nitrogen and oxygen atoms in total. The minimum atomic E-state index is -0.277. The van der Waals surface area contributed by atoms with Crippen LogP contribution in [0.1, 0.15) is 31.0 Å². The fourth-order valence-electron chi connectivity index (χ4n) is 2.46. The van der Waals surface area contributed by atoms with E-state index in [1.807, 2.05) is 31.2 Å². The van der Waals surface area contributed by atoms with Crippen molar-refractivity contribution in [3.8, 4) is 0 Å². The summed E-state index contributed by atoms with van der Waals surface area (Å²) in [7, 11) is 0. The number of rotatable bonds is 8. The van der Waals surface area contributed by atoms with Crippen molar-refractivity contribution < 1.29 is 19.1 Å². The van der Waals surface area contributed by atoms with Gasteiger partial charge in [-0.2, -0.15) is 4.79 Å². The molecular formula is C17H19N3O3. The van der Waals surface area contributed by atoms with Crippen molar-refractivity contribution in [1.82, 2.24) is 4.98 Å². The first-order valence-electron chi connectivity index (χ1n) is 7.60. The van der Waals surface area contributed by atoms with Crippen LogP contribution in [-0.4, -0.2) is 34.3 Å². The van der Waals surface area contributed by atoms with Gasteiger partial charge in [-0.3, -0.25) is 9.59 Å². The third kappa shape index (κ3) is 4.37. The number of benzene rings is 1. The highest BCUT2D eigenvalue weighted by atomic mass is 16.5. The zero-order chi connectivity index (χ0) is 16.7. The Kier molecular flexibility index (Phi) is 5.83. The molecule has 0 aliphatic rings. The summed E-state index contributed by atoms with van der Waals surface area (Å²) in [5, 5.41) is 0.958. The van der Waals surface area contributed by atoms with Gasteiger partial charge in [-0.15, -0.1) is 0 Å². The number of nitrogens with zero attached hydrogens (tertiary/aromatic N) is 2. The molecule has 1 aromatic heterocycles. The van der Waals surface area contributed by atoms with Crippen LogP contribution in [0.5, 0.6) is 0 Å². The Morgan fingerprint density at radius 3 is 2.87 bits per heavy atom. The van der Waals surface area contributed by atoms with E-state index in [9.17, 15) is 9.59 Å². The van der Waals surface area contributed by atoms with E-state index in [0.717, 1.165) is 34.8 Å². The lowest BCUT2D eigenvalue weighted by Gasteiger charge is -2.05. The molecule has 6 heteroatoms. The van der Waals surface area contributed by atoms with Crippen molar-refractivity contribution >= 4 is 28.9 Å². The number of fused-ring (bicyclic) bond motifs is 1. The number of hydrogen-bond acceptors (Lipinski definition) is 3. The molecule has 0 aliphatic heterocycles. The number of carbonyl (C=O) groups excluding carboxylic acids is 2. The summed E-state index contributed by atoms with van der Waals surface area (Å²) >= 11 is 0. The van der Waals surface area contributed by atoms with Crippen LogP contribution < -0.4 is 0 Å². The molecule has 0 unspecified atom stereocenters. The van der Waals surface area contributed by atoms with E-state index in [0.29, 0.717) is 13.0 Å². The Hall–Kier alpha value is -2.72. The number of aromatic amines is 1. The summed E-state index contributed by atoms with van der Waals surface area (Å²) in [6, 6.07) is 7.68. The average Bonchev–Trinajstić information content (AvgIpc) is 2.89. The highest BCUT2D eigenvalue weighted by Crippen LogP contribution is 2.24. The molecule has 0 aliphatic carbocycles. The molecule has 1 aromatic carbocycles. The van der Waals surface area contributed by atoms with Gasteiger partial charge in [0.2, 0.25) is 5.78 Å². The number of ketones is 1. The first-order valence-corrected chi connectivity index (χ1v) is 7.60. The van der Waals surface area contributed by atoms with Crippen LogP contribution in [0.4, 0.5) is 0 Å². The van der Waals surface area contributed by atoms with Crippen molar-refractivity contribution in [2.24, 2.45) is 0 Å². The Morgan fingerprint density at radius 1 is 1.35 bits per heavy atom. The van der Waals surface area contributed by atoms with Gasteiger partial charge in [0.25, 0.3) is 0 Å². The molecular weight excluding hydrogens is 294 g/mol. The smallest absolute Gasteiger partial charge is 0.323 e. The second kappa shape index (κ2) is 8.06. The predicted molar refractivity (Wildman–Crippen MR) is 86.3 cm³/mol. The fraction of sp³-hybridized carbons (Fsp3) is 0.353. The second-order valence-electron chi connectivity index (χ2n) is 5.24. The fourth-order valence-corrected chi connectivity index (χ4v) is 2.46. The van der Waals surface area contributed by atoms with Crippen LogP contribution in [0.15, 0.2) is 24.3 Å². The number of aromatic nitrogens is 1. The standard InChI is InChI=1S/C17H19N3O3/c1-2-9-23-17(22)10-14-13-5-3-4-6-15(13)20-16(14)8-7-12(21)11-19-18/h3-6,11,20H,2,7-10H2,1H3. The quantitative estimate of drug-likeness (QED) is 0.351. The van der Waals surface area contributed by atoms with Gasteiger partial charge in [0.1, 0.15) is 0 Å². The number of para-hydroxylation sites is 1. The maximum Gasteiger partial charge on any atom is 0.323 e. The lowest BCUT2D eigenvalue weighted by atomic mass is 10.0. The van der Waals surface area contributed by atoms with Gasteiger partial charge in [-0.05, 0) is 24.5 Å². The van der Waals surface area contributed by atoms with Crippen molar-refractivity contribution in [2.75, 3.05) is 6.61 Å². The van der Waals surface area contributed by atoms with Crippen molar-refractivity contribution in [2.45, 2.75) is 32.6 Å². The molecule has 2 aromatic rings. The van der Waals surface area contributed by atoms with Crippen molar-refractivity contribution in [3.63, 3.8) is 0 Å². The molecule has 1 heterocycles. The average molecular weight is 313 g/mol. The van der Waals surface area contributed by atoms with Crippen molar-refractivity contribution in [3.05, 3.63) is 41.1 Å². The molecule has 0 bridgehead atoms. The topological polar surface area (TPSA) is 95.6 Å². The van der Waals surface area contributed by atoms with Crippen LogP contribution in [0.3, 0.4) is 0 Å². The number of nitrogens with one attached hydrogen (secondary N) is 1. The monoisotopic (exact) mass is 313 g/mol. The highest BCUT2D eigenvalue weighted by molar-refractivity contribution is 6.25. The Labute approximate surface area is 134 Å². The number of ether oxygens (including phenoxy) is 1. The first-order chi connectivity index (χ1) is 11.2. The lowest BCUT2D eigenvalue weighted by Crippen LogP contribution is -2.10. The molecule has 2 rings (SSSR count). The Bertz CT molecular complexity index is 758. The summed E-state index contributed by atoms with van der Waals surface area (Å²) < 4.78 is 5.16. The first kappa shape index (κ1) is 16.6. The van der Waals surface area contributed by atoms with E-state index in [2.05, 4.69) is 9.77 Å². The van der Waals surface area contributed by atoms with Gasteiger partial charge in [0.05, 0.1) is 13.0 Å². The number of esters is 1. The third-order valence-corrected chi connectivity index (χ3v) is 3.51. The third-order valence-electron chi connectivity index (χ3n) is 3.51. The molecule has 0 radical (unpaired) electrons. The van der Waals surface area contributed by atoms with Crippen LogP contribution >= 0.6 is 0 Å². The molecule has 0 saturated heterocycles.